The van der Waals surface area contributed by atoms with E-state index in [2.05, 4.69) is 9.72 Å². The van der Waals surface area contributed by atoms with Gasteiger partial charge in [0.25, 0.3) is 0 Å². The monoisotopic (exact) mass is 388 g/mol. The summed E-state index contributed by atoms with van der Waals surface area (Å²) in [5.74, 6) is -0.504. The van der Waals surface area contributed by atoms with Crippen LogP contribution in [0.25, 0.3) is 11.7 Å². The lowest BCUT2D eigenvalue weighted by Gasteiger charge is -2.10. The molecule has 1 aromatic carbocycles. The maximum absolute atomic E-state index is 12.3. The first-order chi connectivity index (χ1) is 13.4. The molecule has 3 aromatic rings. The molecule has 0 aliphatic heterocycles. The summed E-state index contributed by atoms with van der Waals surface area (Å²) in [7, 11) is 1.34. The average molecular weight is 388 g/mol. The SMILES string of the molecule is COc1cc(C=CC(=O)OCc2cn3cc(C)ccc3n2)ccc1OC(F)F. The van der Waals surface area contributed by atoms with Crippen LogP contribution in [0.4, 0.5) is 8.78 Å². The first-order valence-electron chi connectivity index (χ1n) is 8.36. The van der Waals surface area contributed by atoms with Gasteiger partial charge in [-0.25, -0.2) is 9.78 Å². The second-order valence-corrected chi connectivity index (χ2v) is 5.93. The fourth-order valence-electron chi connectivity index (χ4n) is 2.56. The zero-order chi connectivity index (χ0) is 20.1. The molecule has 0 atom stereocenters. The summed E-state index contributed by atoms with van der Waals surface area (Å²) in [5, 5.41) is 0. The van der Waals surface area contributed by atoms with Crippen molar-refractivity contribution in [1.29, 1.82) is 0 Å². The molecule has 0 unspecified atom stereocenters. The molecule has 8 heteroatoms. The van der Waals surface area contributed by atoms with Crippen molar-refractivity contribution in [2.75, 3.05) is 7.11 Å². The quantitative estimate of drug-likeness (QED) is 0.452. The molecule has 6 nitrogen and oxygen atoms in total. The van der Waals surface area contributed by atoms with Gasteiger partial charge in [-0.3, -0.25) is 0 Å². The van der Waals surface area contributed by atoms with E-state index in [9.17, 15) is 13.6 Å². The Morgan fingerprint density at radius 2 is 2.04 bits per heavy atom. The third-order valence-corrected chi connectivity index (χ3v) is 3.83. The number of aromatic nitrogens is 2. The van der Waals surface area contributed by atoms with Gasteiger partial charge in [0.15, 0.2) is 11.5 Å². The van der Waals surface area contributed by atoms with E-state index in [1.807, 2.05) is 29.7 Å². The maximum Gasteiger partial charge on any atom is 0.387 e. The van der Waals surface area contributed by atoms with Crippen molar-refractivity contribution in [3.63, 3.8) is 0 Å². The Labute approximate surface area is 160 Å². The molecule has 0 saturated heterocycles. The van der Waals surface area contributed by atoms with E-state index >= 15 is 0 Å². The highest BCUT2D eigenvalue weighted by Gasteiger charge is 2.10. The van der Waals surface area contributed by atoms with Crippen molar-refractivity contribution in [3.05, 3.63) is 65.6 Å². The smallest absolute Gasteiger partial charge is 0.387 e. The van der Waals surface area contributed by atoms with Crippen molar-refractivity contribution >= 4 is 17.7 Å². The van der Waals surface area contributed by atoms with Crippen LogP contribution in [-0.2, 0) is 16.1 Å². The Balaban J connectivity index is 1.61. The van der Waals surface area contributed by atoms with Gasteiger partial charge in [-0.05, 0) is 42.3 Å². The average Bonchev–Trinajstić information content (AvgIpc) is 3.07. The van der Waals surface area contributed by atoms with Crippen LogP contribution in [0.5, 0.6) is 11.5 Å². The minimum atomic E-state index is -2.95. The van der Waals surface area contributed by atoms with Crippen molar-refractivity contribution in [2.45, 2.75) is 20.1 Å². The number of hydrogen-bond donors (Lipinski definition) is 0. The summed E-state index contributed by atoms with van der Waals surface area (Å²) in [4.78, 5) is 16.3. The number of esters is 1. The topological polar surface area (TPSA) is 62.1 Å². The molecule has 2 aromatic heterocycles. The summed E-state index contributed by atoms with van der Waals surface area (Å²) in [6.07, 6.45) is 6.46. The van der Waals surface area contributed by atoms with E-state index in [-0.39, 0.29) is 18.1 Å². The Morgan fingerprint density at radius 3 is 2.79 bits per heavy atom. The van der Waals surface area contributed by atoms with Crippen LogP contribution < -0.4 is 9.47 Å². The Hall–Kier alpha value is -3.42. The zero-order valence-electron chi connectivity index (χ0n) is 15.3. The molecule has 0 fully saturated rings. The van der Waals surface area contributed by atoms with Crippen molar-refractivity contribution in [1.82, 2.24) is 9.38 Å². The van der Waals surface area contributed by atoms with Gasteiger partial charge in [0.05, 0.1) is 12.8 Å². The number of rotatable bonds is 7. The molecule has 28 heavy (non-hydrogen) atoms. The summed E-state index contributed by atoms with van der Waals surface area (Å²) >= 11 is 0. The highest BCUT2D eigenvalue weighted by molar-refractivity contribution is 5.87. The summed E-state index contributed by atoms with van der Waals surface area (Å²) in [5.41, 5.74) is 3.06. The Kier molecular flexibility index (Phi) is 5.88. The lowest BCUT2D eigenvalue weighted by atomic mass is 10.2. The number of ether oxygens (including phenoxy) is 3. The number of fused-ring (bicyclic) bond motifs is 1. The summed E-state index contributed by atoms with van der Waals surface area (Å²) in [6.45, 7) is -0.937. The van der Waals surface area contributed by atoms with Crippen LogP contribution in [0.3, 0.4) is 0 Å². The van der Waals surface area contributed by atoms with Gasteiger partial charge < -0.3 is 18.6 Å². The van der Waals surface area contributed by atoms with Gasteiger partial charge in [-0.2, -0.15) is 8.78 Å². The number of aryl methyl sites for hydroxylation is 1. The van der Waals surface area contributed by atoms with E-state index in [1.54, 1.807) is 6.20 Å². The number of halogens is 2. The van der Waals surface area contributed by atoms with Crippen molar-refractivity contribution in [3.8, 4) is 11.5 Å². The number of alkyl halides is 2. The van der Waals surface area contributed by atoms with Gasteiger partial charge in [-0.15, -0.1) is 0 Å². The van der Waals surface area contributed by atoms with Gasteiger partial charge in [0.1, 0.15) is 12.3 Å². The van der Waals surface area contributed by atoms with Crippen LogP contribution in [0.1, 0.15) is 16.8 Å². The lowest BCUT2D eigenvalue weighted by Crippen LogP contribution is -2.03. The fourth-order valence-corrected chi connectivity index (χ4v) is 2.56. The predicted molar refractivity (Wildman–Crippen MR) is 98.4 cm³/mol. The molecule has 0 aliphatic rings. The second-order valence-electron chi connectivity index (χ2n) is 5.93. The minimum Gasteiger partial charge on any atom is -0.493 e. The molecule has 2 heterocycles. The molecule has 0 spiro atoms. The molecular formula is C20H18F2N2O4. The van der Waals surface area contributed by atoms with Gasteiger partial charge in [-0.1, -0.05) is 12.1 Å². The Bertz CT molecular complexity index is 1010. The molecule has 0 amide bonds. The number of carbonyl (C=O) groups excluding carboxylic acids is 1. The fraction of sp³-hybridized carbons (Fsp3) is 0.200. The number of hydrogen-bond acceptors (Lipinski definition) is 5. The number of carbonyl (C=O) groups is 1. The van der Waals surface area contributed by atoms with E-state index in [0.29, 0.717) is 11.3 Å². The third kappa shape index (κ3) is 4.85. The second kappa shape index (κ2) is 8.51. The van der Waals surface area contributed by atoms with Crippen LogP contribution in [0, 0.1) is 6.92 Å². The molecule has 146 valence electrons. The number of imidazole rings is 1. The van der Waals surface area contributed by atoms with E-state index in [1.165, 1.54) is 37.5 Å². The number of benzene rings is 1. The molecule has 0 bridgehead atoms. The third-order valence-electron chi connectivity index (χ3n) is 3.83. The number of pyridine rings is 1. The van der Waals surface area contributed by atoms with E-state index in [0.717, 1.165) is 11.2 Å². The highest BCUT2D eigenvalue weighted by Crippen LogP contribution is 2.29. The first kappa shape index (κ1) is 19.3. The van der Waals surface area contributed by atoms with Crippen LogP contribution in [0.2, 0.25) is 0 Å². The molecule has 0 aliphatic carbocycles. The number of nitrogens with zero attached hydrogens (tertiary/aromatic N) is 2. The molecule has 0 N–H and O–H groups in total. The highest BCUT2D eigenvalue weighted by atomic mass is 19.3. The van der Waals surface area contributed by atoms with Crippen molar-refractivity contribution in [2.24, 2.45) is 0 Å². The van der Waals surface area contributed by atoms with Crippen LogP contribution in [-0.4, -0.2) is 29.1 Å². The maximum atomic E-state index is 12.3. The van der Waals surface area contributed by atoms with E-state index in [4.69, 9.17) is 9.47 Å². The predicted octanol–water partition coefficient (Wildman–Crippen LogP) is 4.01. The minimum absolute atomic E-state index is 0.0361. The van der Waals surface area contributed by atoms with E-state index < -0.39 is 12.6 Å². The van der Waals surface area contributed by atoms with Gasteiger partial charge in [0, 0.05) is 18.5 Å². The number of methoxy groups -OCH3 is 1. The molecular weight excluding hydrogens is 370 g/mol. The molecule has 0 saturated carbocycles. The summed E-state index contributed by atoms with van der Waals surface area (Å²) < 4.78 is 41.1. The molecule has 3 rings (SSSR count). The molecule has 0 radical (unpaired) electrons. The lowest BCUT2D eigenvalue weighted by molar-refractivity contribution is -0.139. The Morgan fingerprint density at radius 1 is 1.21 bits per heavy atom. The van der Waals surface area contributed by atoms with Gasteiger partial charge in [0.2, 0.25) is 0 Å². The largest absolute Gasteiger partial charge is 0.493 e. The van der Waals surface area contributed by atoms with Crippen LogP contribution in [0.15, 0.2) is 48.8 Å². The standard InChI is InChI=1S/C20H18F2N2O4/c1-13-3-7-18-23-15(11-24(18)10-13)12-27-19(25)8-5-14-4-6-16(28-20(21)22)17(9-14)26-2/h3-11,20H,12H2,1-2H3. The van der Waals surface area contributed by atoms with Gasteiger partial charge >= 0.3 is 12.6 Å². The zero-order valence-corrected chi connectivity index (χ0v) is 15.3. The first-order valence-corrected chi connectivity index (χ1v) is 8.36. The van der Waals surface area contributed by atoms with Crippen LogP contribution >= 0.6 is 0 Å². The summed E-state index contributed by atoms with van der Waals surface area (Å²) in [6, 6.07) is 8.18. The van der Waals surface area contributed by atoms with Crippen molar-refractivity contribution < 1.29 is 27.8 Å². The normalized spacial score (nSPS) is 11.3.